The summed E-state index contributed by atoms with van der Waals surface area (Å²) >= 11 is 12.7. The van der Waals surface area contributed by atoms with E-state index in [4.69, 9.17) is 33.4 Å². The average Bonchev–Trinajstić information content (AvgIpc) is 4.00. The second-order valence-electron chi connectivity index (χ2n) is 16.6. The van der Waals surface area contributed by atoms with Crippen LogP contribution in [0.15, 0.2) is 12.7 Å². The Morgan fingerprint density at radius 1 is 0.565 bits per heavy atom. The molecule has 0 aliphatic heterocycles. The summed E-state index contributed by atoms with van der Waals surface area (Å²) in [5.41, 5.74) is 1.56. The normalized spacial score (nSPS) is 31.2. The van der Waals surface area contributed by atoms with E-state index >= 15 is 0 Å². The number of aliphatic hydroxyl groups excluding tert-OH is 6. The number of amides is 4. The first kappa shape index (κ1) is 43.9. The number of aromatic nitrogens is 8. The van der Waals surface area contributed by atoms with Crippen LogP contribution in [0.25, 0.3) is 22.3 Å². The number of aliphatic hydroxyl groups is 6. The van der Waals surface area contributed by atoms with Crippen LogP contribution in [0, 0.1) is 0 Å². The van der Waals surface area contributed by atoms with Gasteiger partial charge in [-0.3, -0.25) is 9.59 Å². The smallest absolute Gasteiger partial charge is 0.315 e. The predicted octanol–water partition coefficient (Wildman–Crippen LogP) is -0.994. The minimum Gasteiger partial charge on any atom is -0.388 e. The third-order valence-corrected chi connectivity index (χ3v) is 12.9. The molecule has 0 aromatic carbocycles. The molecule has 62 heavy (non-hydrogen) atoms. The van der Waals surface area contributed by atoms with Gasteiger partial charge in [0.05, 0.1) is 36.8 Å². The summed E-state index contributed by atoms with van der Waals surface area (Å²) in [6.07, 6.45) is 4.13. The van der Waals surface area contributed by atoms with E-state index in [0.717, 1.165) is 51.4 Å². The number of rotatable bonds is 12. The zero-order valence-corrected chi connectivity index (χ0v) is 34.8. The zero-order chi connectivity index (χ0) is 43.8. The molecule has 8 atom stereocenters. The first-order valence-electron chi connectivity index (χ1n) is 20.7. The van der Waals surface area contributed by atoms with Crippen LogP contribution < -0.4 is 31.9 Å². The maximum atomic E-state index is 13.1. The molecule has 23 nitrogen and oxygen atoms in total. The Hall–Kier alpha value is -4.75. The van der Waals surface area contributed by atoms with Crippen molar-refractivity contribution in [3.8, 4) is 0 Å². The summed E-state index contributed by atoms with van der Waals surface area (Å²) in [5.74, 6) is -0.481. The van der Waals surface area contributed by atoms with Crippen molar-refractivity contribution in [1.82, 2.24) is 60.3 Å². The van der Waals surface area contributed by atoms with Crippen LogP contribution in [0.4, 0.5) is 16.4 Å². The molecule has 0 spiro atoms. The van der Waals surface area contributed by atoms with Gasteiger partial charge in [0.15, 0.2) is 34.0 Å². The number of urea groups is 1. The number of anilines is 2. The van der Waals surface area contributed by atoms with Gasteiger partial charge in [0.25, 0.3) is 0 Å². The molecule has 0 bridgehead atoms. The van der Waals surface area contributed by atoms with Gasteiger partial charge in [0, 0.05) is 24.2 Å². The van der Waals surface area contributed by atoms with E-state index < -0.39 is 73.6 Å². The number of carbonyl (C=O) groups excluding carboxylic acids is 3. The van der Waals surface area contributed by atoms with E-state index in [0.29, 0.717) is 34.0 Å². The van der Waals surface area contributed by atoms with E-state index in [9.17, 15) is 34.8 Å². The summed E-state index contributed by atoms with van der Waals surface area (Å²) in [6, 6.07) is -3.17. The summed E-state index contributed by atoms with van der Waals surface area (Å²) in [5, 5.41) is 79.0. The van der Waals surface area contributed by atoms with Crippen LogP contribution in [0.2, 0.25) is 10.6 Å². The second-order valence-corrected chi connectivity index (χ2v) is 17.2. The van der Waals surface area contributed by atoms with E-state index in [1.807, 2.05) is 0 Å². The fourth-order valence-corrected chi connectivity index (χ4v) is 9.72. The molecule has 0 unspecified atom stereocenters. The number of hydrogen-bond donors (Lipinski definition) is 12. The van der Waals surface area contributed by atoms with Gasteiger partial charge in [-0.05, 0) is 87.4 Å². The Morgan fingerprint density at radius 3 is 1.31 bits per heavy atom. The Labute approximate surface area is 363 Å². The third kappa shape index (κ3) is 9.16. The van der Waals surface area contributed by atoms with E-state index in [2.05, 4.69) is 61.8 Å². The lowest BCUT2D eigenvalue weighted by Gasteiger charge is -2.32. The standard InChI is InChI=1S/C37H50Cl2N14O9/c38-35-48-31(25-33(50-35)52(13-40-25)21-9-19(27(58)29(21)60)46-23(56)11-54)42-15-1-5-17(6-2-15)44-37(62)45-18-7-3-16(4-8-18)43-32-26-34(51-36(39)49-32)53(14-41-26)22-10-20(28(59)30(22)61)47-24(57)12-55/h13-22,27-30,54-55,58-61H,1-12H2,(H,46,56)(H,47,57)(H,42,48,50)(H,43,49,51)(H2,44,45,62)/t15-,16-,17-,18-,19-,20-,21+,22+,27+,28+,29-,30-/m0/s1. The van der Waals surface area contributed by atoms with Gasteiger partial charge in [0.2, 0.25) is 22.4 Å². The fourth-order valence-electron chi connectivity index (χ4n) is 9.39. The molecule has 0 saturated heterocycles. The lowest BCUT2D eigenvalue weighted by atomic mass is 9.90. The predicted molar refractivity (Wildman–Crippen MR) is 221 cm³/mol. The van der Waals surface area contributed by atoms with Crippen molar-refractivity contribution in [2.75, 3.05) is 23.8 Å². The van der Waals surface area contributed by atoms with Gasteiger partial charge >= 0.3 is 6.03 Å². The summed E-state index contributed by atoms with van der Waals surface area (Å²) < 4.78 is 3.22. The molecule has 336 valence electrons. The van der Waals surface area contributed by atoms with Crippen molar-refractivity contribution in [2.45, 2.75) is 137 Å². The molecule has 25 heteroatoms. The maximum absolute atomic E-state index is 13.1. The largest absolute Gasteiger partial charge is 0.388 e. The van der Waals surface area contributed by atoms with Crippen LogP contribution in [0.5, 0.6) is 0 Å². The number of halogens is 2. The molecule has 4 heterocycles. The number of hydrogen-bond acceptors (Lipinski definition) is 17. The molecular weight excluding hydrogens is 855 g/mol. The highest BCUT2D eigenvalue weighted by Gasteiger charge is 2.45. The lowest BCUT2D eigenvalue weighted by molar-refractivity contribution is -0.126. The van der Waals surface area contributed by atoms with Crippen molar-refractivity contribution in [3.63, 3.8) is 0 Å². The molecule has 4 aromatic rings. The molecule has 4 aliphatic rings. The first-order chi connectivity index (χ1) is 29.8. The van der Waals surface area contributed by atoms with E-state index in [1.54, 1.807) is 9.13 Å². The highest BCUT2D eigenvalue weighted by molar-refractivity contribution is 6.29. The summed E-state index contributed by atoms with van der Waals surface area (Å²) in [6.45, 7) is -1.48. The number of imidazole rings is 2. The summed E-state index contributed by atoms with van der Waals surface area (Å²) in [4.78, 5) is 63.0. The summed E-state index contributed by atoms with van der Waals surface area (Å²) in [7, 11) is 0. The van der Waals surface area contributed by atoms with Gasteiger partial charge in [0.1, 0.15) is 37.6 Å². The minimum absolute atomic E-state index is 0.0103. The molecule has 0 radical (unpaired) electrons. The molecule has 12 N–H and O–H groups in total. The van der Waals surface area contributed by atoms with Gasteiger partial charge in [-0.2, -0.15) is 19.9 Å². The quantitative estimate of drug-likeness (QED) is 0.0759. The van der Waals surface area contributed by atoms with Crippen LogP contribution in [0.3, 0.4) is 0 Å². The van der Waals surface area contributed by atoms with Gasteiger partial charge in [-0.25, -0.2) is 14.8 Å². The van der Waals surface area contributed by atoms with Crippen molar-refractivity contribution >= 4 is 75.0 Å². The van der Waals surface area contributed by atoms with Crippen molar-refractivity contribution in [3.05, 3.63) is 23.2 Å². The number of fused-ring (bicyclic) bond motifs is 2. The Bertz CT molecular complexity index is 2120. The number of carbonyl (C=O) groups is 3. The molecule has 4 amide bonds. The molecular formula is C37H50Cl2N14O9. The minimum atomic E-state index is -1.26. The molecule has 4 fully saturated rings. The maximum Gasteiger partial charge on any atom is 0.315 e. The number of nitrogens with one attached hydrogen (secondary N) is 6. The second kappa shape index (κ2) is 18.5. The van der Waals surface area contributed by atoms with Crippen molar-refractivity contribution in [1.29, 1.82) is 0 Å². The van der Waals surface area contributed by atoms with E-state index in [-0.39, 0.29) is 53.6 Å². The average molecular weight is 906 g/mol. The molecule has 4 aromatic heterocycles. The number of nitrogens with zero attached hydrogens (tertiary/aromatic N) is 8. The van der Waals surface area contributed by atoms with Crippen LogP contribution >= 0.6 is 23.2 Å². The molecule has 8 rings (SSSR count). The van der Waals surface area contributed by atoms with Gasteiger partial charge in [-0.15, -0.1) is 0 Å². The molecule has 4 saturated carbocycles. The van der Waals surface area contributed by atoms with E-state index in [1.165, 1.54) is 12.7 Å². The fraction of sp³-hybridized carbons (Fsp3) is 0.649. The monoisotopic (exact) mass is 904 g/mol. The van der Waals surface area contributed by atoms with Gasteiger partial charge < -0.3 is 71.7 Å². The Morgan fingerprint density at radius 2 is 0.935 bits per heavy atom. The first-order valence-corrected chi connectivity index (χ1v) is 21.5. The van der Waals surface area contributed by atoms with Crippen LogP contribution in [0.1, 0.15) is 76.3 Å². The van der Waals surface area contributed by atoms with Crippen LogP contribution in [-0.2, 0) is 9.59 Å². The zero-order valence-electron chi connectivity index (χ0n) is 33.3. The lowest BCUT2D eigenvalue weighted by Crippen LogP contribution is -2.49. The SMILES string of the molecule is O=C(CO)N[C@H]1C[C@@H](n2cnc3c(N[C@H]4CC[C@H](NC(=O)N[C@H]5CC[C@H](Nc6nc(Cl)nc7c6ncn7[C@@H]6C[C@H](NC(=O)CO)[C@@H](O)[C@H]6O)CC5)CC4)nc(Cl)nc32)[C@H](O)[C@@H]1O. The van der Waals surface area contributed by atoms with Gasteiger partial charge in [-0.1, -0.05) is 0 Å². The van der Waals surface area contributed by atoms with Crippen molar-refractivity contribution in [2.24, 2.45) is 0 Å². The highest BCUT2D eigenvalue weighted by Crippen LogP contribution is 2.37. The highest BCUT2D eigenvalue weighted by atomic mass is 35.5. The Balaban J connectivity index is 0.802. The topological polar surface area (TPSA) is 332 Å². The molecule has 4 aliphatic carbocycles. The Kier molecular flexibility index (Phi) is 13.1. The third-order valence-electron chi connectivity index (χ3n) is 12.6. The van der Waals surface area contributed by atoms with Crippen LogP contribution in [-0.4, -0.2) is 161 Å². The van der Waals surface area contributed by atoms with Crippen molar-refractivity contribution < 1.29 is 45.0 Å².